The van der Waals surface area contributed by atoms with Crippen molar-refractivity contribution >= 4 is 40.1 Å². The van der Waals surface area contributed by atoms with E-state index in [1.54, 1.807) is 42.5 Å². The number of halogens is 1. The van der Waals surface area contributed by atoms with Gasteiger partial charge in [0.15, 0.2) is 5.76 Å². The smallest absolute Gasteiger partial charge is 0.291 e. The highest BCUT2D eigenvalue weighted by atomic mass is 35.5. The van der Waals surface area contributed by atoms with E-state index in [0.717, 1.165) is 16.5 Å². The van der Waals surface area contributed by atoms with Gasteiger partial charge in [-0.15, -0.1) is 0 Å². The molecule has 40 heavy (non-hydrogen) atoms. The average molecular weight is 555 g/mol. The molecule has 4 aromatic carbocycles. The van der Waals surface area contributed by atoms with Crippen molar-refractivity contribution < 1.29 is 23.8 Å². The normalized spacial score (nSPS) is 10.8. The van der Waals surface area contributed by atoms with E-state index in [2.05, 4.69) is 10.6 Å². The summed E-state index contributed by atoms with van der Waals surface area (Å²) in [4.78, 5) is 25.9. The minimum atomic E-state index is -0.431. The molecule has 0 unspecified atom stereocenters. The van der Waals surface area contributed by atoms with Crippen LogP contribution < -0.4 is 15.4 Å². The molecule has 5 aromatic rings. The maximum absolute atomic E-state index is 13.0. The van der Waals surface area contributed by atoms with Crippen molar-refractivity contribution in [2.75, 3.05) is 18.5 Å². The largest absolute Gasteiger partial charge is 0.508 e. The summed E-state index contributed by atoms with van der Waals surface area (Å²) in [7, 11) is 0. The highest BCUT2D eigenvalue weighted by Crippen LogP contribution is 2.28. The fourth-order valence-electron chi connectivity index (χ4n) is 4.18. The van der Waals surface area contributed by atoms with Gasteiger partial charge in [-0.1, -0.05) is 54.1 Å². The molecule has 0 atom stereocenters. The van der Waals surface area contributed by atoms with Crippen molar-refractivity contribution in [2.45, 2.75) is 12.8 Å². The Kier molecular flexibility index (Phi) is 8.32. The van der Waals surface area contributed by atoms with Gasteiger partial charge < -0.3 is 24.9 Å². The van der Waals surface area contributed by atoms with Crippen LogP contribution in [-0.4, -0.2) is 30.1 Å². The summed E-state index contributed by atoms with van der Waals surface area (Å²) in [5.74, 6) is 0.0242. The first kappa shape index (κ1) is 26.8. The Hall–Kier alpha value is -4.75. The van der Waals surface area contributed by atoms with Crippen LogP contribution in [0.1, 0.15) is 32.0 Å². The summed E-state index contributed by atoms with van der Waals surface area (Å²) in [6.07, 6.45) is 1.22. The second-order valence-corrected chi connectivity index (χ2v) is 9.65. The first-order valence-electron chi connectivity index (χ1n) is 12.8. The van der Waals surface area contributed by atoms with Gasteiger partial charge in [0.25, 0.3) is 11.8 Å². The lowest BCUT2D eigenvalue weighted by atomic mass is 10.1. The number of carbonyl (C=O) groups is 2. The van der Waals surface area contributed by atoms with Gasteiger partial charge in [-0.05, 0) is 72.1 Å². The Morgan fingerprint density at radius 1 is 0.825 bits per heavy atom. The van der Waals surface area contributed by atoms with Crippen LogP contribution in [0, 0.1) is 0 Å². The van der Waals surface area contributed by atoms with Gasteiger partial charge in [0.05, 0.1) is 12.3 Å². The molecule has 0 spiro atoms. The van der Waals surface area contributed by atoms with Gasteiger partial charge >= 0.3 is 0 Å². The molecule has 0 aliphatic rings. The standard InChI is InChI=1S/C32H27ClN2O5/c33-25-10-5-21(6-11-25)15-17-34-31(37)24-9-14-27(29(20-24)39-18-16-22-7-12-26(36)13-8-22)35-32(38)30-19-23-3-1-2-4-28(23)40-30/h1-14,19-20,36H,15-18H2,(H,34,37)(H,35,38). The van der Waals surface area contributed by atoms with Gasteiger partial charge in [0.1, 0.15) is 17.1 Å². The van der Waals surface area contributed by atoms with Crippen molar-refractivity contribution in [3.05, 3.63) is 125 Å². The molecule has 0 fully saturated rings. The lowest BCUT2D eigenvalue weighted by Gasteiger charge is -2.14. The molecule has 0 aliphatic carbocycles. The second-order valence-electron chi connectivity index (χ2n) is 9.21. The van der Waals surface area contributed by atoms with Crippen LogP contribution in [0.3, 0.4) is 0 Å². The average Bonchev–Trinajstić information content (AvgIpc) is 3.41. The van der Waals surface area contributed by atoms with E-state index >= 15 is 0 Å². The monoisotopic (exact) mass is 554 g/mol. The number of furan rings is 1. The molecule has 0 saturated heterocycles. The zero-order valence-electron chi connectivity index (χ0n) is 21.5. The van der Waals surface area contributed by atoms with E-state index in [-0.39, 0.29) is 17.4 Å². The number of amides is 2. The SMILES string of the molecule is O=C(NCCc1ccc(Cl)cc1)c1ccc(NC(=O)c2cc3ccccc3o2)c(OCCc2ccc(O)cc2)c1. The molecular formula is C32H27ClN2O5. The van der Waals surface area contributed by atoms with Crippen molar-refractivity contribution in [3.8, 4) is 11.5 Å². The van der Waals surface area contributed by atoms with E-state index in [0.29, 0.717) is 53.6 Å². The minimum Gasteiger partial charge on any atom is -0.508 e. The number of hydrogen-bond acceptors (Lipinski definition) is 5. The third-order valence-corrected chi connectivity index (χ3v) is 6.59. The number of hydrogen-bond donors (Lipinski definition) is 3. The number of benzene rings is 4. The van der Waals surface area contributed by atoms with Crippen LogP contribution in [0.5, 0.6) is 11.5 Å². The van der Waals surface area contributed by atoms with Crippen molar-refractivity contribution in [1.82, 2.24) is 5.32 Å². The molecule has 2 amide bonds. The predicted molar refractivity (Wildman–Crippen MR) is 155 cm³/mol. The number of aromatic hydroxyl groups is 1. The van der Waals surface area contributed by atoms with Gasteiger partial charge in [0, 0.05) is 28.9 Å². The van der Waals surface area contributed by atoms with E-state index in [9.17, 15) is 14.7 Å². The number of anilines is 1. The maximum Gasteiger partial charge on any atom is 0.291 e. The summed E-state index contributed by atoms with van der Waals surface area (Å²) in [6, 6.07) is 28.3. The second kappa shape index (κ2) is 12.4. The van der Waals surface area contributed by atoms with E-state index < -0.39 is 5.91 Å². The van der Waals surface area contributed by atoms with Gasteiger partial charge in [0.2, 0.25) is 0 Å². The number of carbonyl (C=O) groups excluding carboxylic acids is 2. The molecule has 7 nitrogen and oxygen atoms in total. The Morgan fingerprint density at radius 3 is 2.33 bits per heavy atom. The molecular weight excluding hydrogens is 528 g/mol. The molecule has 1 aromatic heterocycles. The van der Waals surface area contributed by atoms with E-state index in [1.165, 1.54) is 0 Å². The minimum absolute atomic E-state index is 0.167. The quantitative estimate of drug-likeness (QED) is 0.180. The fourth-order valence-corrected chi connectivity index (χ4v) is 4.30. The summed E-state index contributed by atoms with van der Waals surface area (Å²) >= 11 is 5.94. The molecule has 0 aliphatic heterocycles. The van der Waals surface area contributed by atoms with Gasteiger partial charge in [-0.3, -0.25) is 9.59 Å². The van der Waals surface area contributed by atoms with Crippen LogP contribution in [-0.2, 0) is 12.8 Å². The fraction of sp³-hybridized carbons (Fsp3) is 0.125. The highest BCUT2D eigenvalue weighted by Gasteiger charge is 2.17. The molecule has 3 N–H and O–H groups in total. The molecule has 1 heterocycles. The number of fused-ring (bicyclic) bond motifs is 1. The van der Waals surface area contributed by atoms with Crippen molar-refractivity contribution in [1.29, 1.82) is 0 Å². The number of phenolic OH excluding ortho intramolecular Hbond substituents is 1. The first-order valence-corrected chi connectivity index (χ1v) is 13.2. The van der Waals surface area contributed by atoms with Crippen LogP contribution in [0.2, 0.25) is 5.02 Å². The van der Waals surface area contributed by atoms with Crippen LogP contribution in [0.4, 0.5) is 5.69 Å². The van der Waals surface area contributed by atoms with Crippen LogP contribution >= 0.6 is 11.6 Å². The number of rotatable bonds is 10. The van der Waals surface area contributed by atoms with Crippen LogP contribution in [0.15, 0.2) is 101 Å². The molecule has 0 bridgehead atoms. The molecule has 0 saturated carbocycles. The summed E-state index contributed by atoms with van der Waals surface area (Å²) in [5.41, 5.74) is 3.46. The molecule has 0 radical (unpaired) electrons. The first-order chi connectivity index (χ1) is 19.4. The van der Waals surface area contributed by atoms with Crippen LogP contribution in [0.25, 0.3) is 11.0 Å². The Balaban J connectivity index is 1.29. The molecule has 8 heteroatoms. The Morgan fingerprint density at radius 2 is 1.55 bits per heavy atom. The number of phenols is 1. The van der Waals surface area contributed by atoms with E-state index in [4.69, 9.17) is 20.8 Å². The maximum atomic E-state index is 13.0. The lowest BCUT2D eigenvalue weighted by molar-refractivity contribution is 0.0953. The predicted octanol–water partition coefficient (Wildman–Crippen LogP) is 6.64. The summed E-state index contributed by atoms with van der Waals surface area (Å²) < 4.78 is 11.7. The topological polar surface area (TPSA) is 101 Å². The summed E-state index contributed by atoms with van der Waals surface area (Å²) in [6.45, 7) is 0.738. The summed E-state index contributed by atoms with van der Waals surface area (Å²) in [5, 5.41) is 16.8. The molecule has 202 valence electrons. The molecule has 5 rings (SSSR count). The van der Waals surface area contributed by atoms with Crippen molar-refractivity contribution in [3.63, 3.8) is 0 Å². The Bertz CT molecular complexity index is 1600. The number of para-hydroxylation sites is 1. The van der Waals surface area contributed by atoms with Crippen molar-refractivity contribution in [2.24, 2.45) is 0 Å². The van der Waals surface area contributed by atoms with Gasteiger partial charge in [-0.2, -0.15) is 0 Å². The lowest BCUT2D eigenvalue weighted by Crippen LogP contribution is -2.25. The zero-order valence-corrected chi connectivity index (χ0v) is 22.3. The third-order valence-electron chi connectivity index (χ3n) is 6.34. The Labute approximate surface area is 236 Å². The number of nitrogens with one attached hydrogen (secondary N) is 2. The zero-order chi connectivity index (χ0) is 27.9. The van der Waals surface area contributed by atoms with Gasteiger partial charge in [-0.25, -0.2) is 0 Å². The third kappa shape index (κ3) is 6.81. The van der Waals surface area contributed by atoms with E-state index in [1.807, 2.05) is 54.6 Å². The highest BCUT2D eigenvalue weighted by molar-refractivity contribution is 6.30. The number of ether oxygens (including phenoxy) is 1.